The molecule has 8 heteroatoms. The minimum Gasteiger partial charge on any atom is -0.357 e. The van der Waals surface area contributed by atoms with Crippen LogP contribution in [0.1, 0.15) is 33.3 Å². The van der Waals surface area contributed by atoms with Gasteiger partial charge in [-0.3, -0.25) is 0 Å². The van der Waals surface area contributed by atoms with E-state index in [1.807, 2.05) is 27.7 Å². The van der Waals surface area contributed by atoms with Crippen LogP contribution in [-0.4, -0.2) is 44.9 Å². The molecule has 0 saturated heterocycles. The average molecular weight is 468 g/mol. The fraction of sp³-hybridized carbons (Fsp3) is 0.562. The SMILES string of the molecule is CCNC(=NCc1ccc(S(=O)(=O)N(C)C(C)C)cc1)NCC.I. The summed E-state index contributed by atoms with van der Waals surface area (Å²) < 4.78 is 26.2. The third kappa shape index (κ3) is 6.56. The summed E-state index contributed by atoms with van der Waals surface area (Å²) in [5.41, 5.74) is 0.962. The normalized spacial score (nSPS) is 11.1. The molecule has 0 aromatic heterocycles. The van der Waals surface area contributed by atoms with Crippen molar-refractivity contribution in [2.75, 3.05) is 20.1 Å². The highest BCUT2D eigenvalue weighted by atomic mass is 127. The summed E-state index contributed by atoms with van der Waals surface area (Å²) >= 11 is 0. The Morgan fingerprint density at radius 3 is 2.04 bits per heavy atom. The van der Waals surface area contributed by atoms with Crippen LogP contribution in [0.5, 0.6) is 0 Å². The molecule has 0 amide bonds. The van der Waals surface area contributed by atoms with Gasteiger partial charge < -0.3 is 10.6 Å². The summed E-state index contributed by atoms with van der Waals surface area (Å²) in [5, 5.41) is 6.31. The number of rotatable bonds is 7. The van der Waals surface area contributed by atoms with Gasteiger partial charge in [-0.05, 0) is 45.4 Å². The maximum atomic E-state index is 12.4. The molecule has 0 saturated carbocycles. The predicted octanol–water partition coefficient (Wildman–Crippen LogP) is 2.41. The quantitative estimate of drug-likeness (QED) is 0.366. The van der Waals surface area contributed by atoms with Crippen LogP contribution in [0.3, 0.4) is 0 Å². The highest BCUT2D eigenvalue weighted by molar-refractivity contribution is 14.0. The first kappa shape index (κ1) is 23.1. The van der Waals surface area contributed by atoms with E-state index in [-0.39, 0.29) is 30.0 Å². The number of halogens is 1. The van der Waals surface area contributed by atoms with Crippen LogP contribution in [0.2, 0.25) is 0 Å². The Kier molecular flexibility index (Phi) is 10.5. The highest BCUT2D eigenvalue weighted by Crippen LogP contribution is 2.17. The van der Waals surface area contributed by atoms with Gasteiger partial charge in [0.25, 0.3) is 0 Å². The summed E-state index contributed by atoms with van der Waals surface area (Å²) in [4.78, 5) is 4.77. The number of aliphatic imine (C=N–C) groups is 1. The topological polar surface area (TPSA) is 73.8 Å². The van der Waals surface area contributed by atoms with Crippen LogP contribution >= 0.6 is 24.0 Å². The van der Waals surface area contributed by atoms with Crippen LogP contribution in [0.25, 0.3) is 0 Å². The number of nitrogens with zero attached hydrogens (tertiary/aromatic N) is 2. The van der Waals surface area contributed by atoms with Gasteiger partial charge in [-0.2, -0.15) is 4.31 Å². The molecular weight excluding hydrogens is 439 g/mol. The number of guanidine groups is 1. The van der Waals surface area contributed by atoms with E-state index in [0.29, 0.717) is 11.4 Å². The van der Waals surface area contributed by atoms with Crippen molar-refractivity contribution in [2.24, 2.45) is 4.99 Å². The largest absolute Gasteiger partial charge is 0.357 e. The molecule has 0 fully saturated rings. The lowest BCUT2D eigenvalue weighted by Gasteiger charge is -2.21. The zero-order valence-electron chi connectivity index (χ0n) is 15.0. The van der Waals surface area contributed by atoms with Gasteiger partial charge in [0.2, 0.25) is 10.0 Å². The molecule has 6 nitrogen and oxygen atoms in total. The molecule has 0 atom stereocenters. The standard InChI is InChI=1S/C16H28N4O2S.HI/c1-6-17-16(18-7-2)19-12-14-8-10-15(11-9-14)23(21,22)20(5)13(3)4;/h8-11,13H,6-7,12H2,1-5H3,(H2,17,18,19);1H. The molecule has 0 aliphatic heterocycles. The zero-order valence-corrected chi connectivity index (χ0v) is 18.2. The minimum atomic E-state index is -3.43. The van der Waals surface area contributed by atoms with Crippen molar-refractivity contribution >= 4 is 40.0 Å². The number of sulfonamides is 1. The lowest BCUT2D eigenvalue weighted by atomic mass is 10.2. The van der Waals surface area contributed by atoms with Gasteiger partial charge in [0.05, 0.1) is 11.4 Å². The highest BCUT2D eigenvalue weighted by Gasteiger charge is 2.22. The van der Waals surface area contributed by atoms with Crippen LogP contribution < -0.4 is 10.6 Å². The van der Waals surface area contributed by atoms with E-state index in [2.05, 4.69) is 15.6 Å². The number of benzene rings is 1. The zero-order chi connectivity index (χ0) is 17.5. The van der Waals surface area contributed by atoms with Gasteiger partial charge in [0.1, 0.15) is 0 Å². The van der Waals surface area contributed by atoms with Crippen molar-refractivity contribution in [2.45, 2.75) is 45.2 Å². The van der Waals surface area contributed by atoms with E-state index >= 15 is 0 Å². The molecule has 0 radical (unpaired) electrons. The number of hydrogen-bond donors (Lipinski definition) is 2. The van der Waals surface area contributed by atoms with Gasteiger partial charge in [0, 0.05) is 26.2 Å². The van der Waals surface area contributed by atoms with Crippen LogP contribution in [-0.2, 0) is 16.6 Å². The molecule has 0 bridgehead atoms. The Hall–Kier alpha value is -0.870. The number of hydrogen-bond acceptors (Lipinski definition) is 3. The Bertz CT molecular complexity index is 607. The first-order valence-corrected chi connectivity index (χ1v) is 9.36. The van der Waals surface area contributed by atoms with E-state index in [1.165, 1.54) is 4.31 Å². The van der Waals surface area contributed by atoms with Gasteiger partial charge in [-0.15, -0.1) is 24.0 Å². The first-order valence-electron chi connectivity index (χ1n) is 7.92. The molecule has 0 heterocycles. The van der Waals surface area contributed by atoms with E-state index in [4.69, 9.17) is 0 Å². The monoisotopic (exact) mass is 468 g/mol. The van der Waals surface area contributed by atoms with E-state index in [1.54, 1.807) is 31.3 Å². The molecule has 0 unspecified atom stereocenters. The van der Waals surface area contributed by atoms with E-state index in [0.717, 1.165) is 24.6 Å². The summed E-state index contributed by atoms with van der Waals surface area (Å²) in [6, 6.07) is 6.81. The molecule has 0 aliphatic carbocycles. The van der Waals surface area contributed by atoms with Gasteiger partial charge in [0.15, 0.2) is 5.96 Å². The summed E-state index contributed by atoms with van der Waals surface area (Å²) in [7, 11) is -1.84. The second kappa shape index (κ2) is 10.9. The Morgan fingerprint density at radius 1 is 1.12 bits per heavy atom. The van der Waals surface area contributed by atoms with Gasteiger partial charge in [-0.1, -0.05) is 12.1 Å². The molecule has 1 rings (SSSR count). The Labute approximate surface area is 163 Å². The lowest BCUT2D eigenvalue weighted by Crippen LogP contribution is -2.36. The Balaban J connectivity index is 0.00000529. The molecular formula is C16H29IN4O2S. The fourth-order valence-electron chi connectivity index (χ4n) is 1.89. The van der Waals surface area contributed by atoms with Crippen LogP contribution in [0.4, 0.5) is 0 Å². The third-order valence-corrected chi connectivity index (χ3v) is 5.48. The van der Waals surface area contributed by atoms with E-state index < -0.39 is 10.0 Å². The summed E-state index contributed by atoms with van der Waals surface area (Å²) in [6.07, 6.45) is 0. The maximum absolute atomic E-state index is 12.4. The van der Waals surface area contributed by atoms with Gasteiger partial charge in [-0.25, -0.2) is 13.4 Å². The van der Waals surface area contributed by atoms with E-state index in [9.17, 15) is 8.42 Å². The van der Waals surface area contributed by atoms with Crippen molar-refractivity contribution in [1.82, 2.24) is 14.9 Å². The molecule has 1 aromatic rings. The second-order valence-electron chi connectivity index (χ2n) is 5.48. The molecule has 24 heavy (non-hydrogen) atoms. The smallest absolute Gasteiger partial charge is 0.243 e. The number of nitrogens with one attached hydrogen (secondary N) is 2. The molecule has 1 aromatic carbocycles. The molecule has 0 spiro atoms. The van der Waals surface area contributed by atoms with Crippen molar-refractivity contribution < 1.29 is 8.42 Å². The maximum Gasteiger partial charge on any atom is 0.243 e. The first-order chi connectivity index (χ1) is 10.8. The van der Waals surface area contributed by atoms with Crippen LogP contribution in [0, 0.1) is 0 Å². The summed E-state index contributed by atoms with van der Waals surface area (Å²) in [5.74, 6) is 0.756. The molecule has 0 aliphatic rings. The minimum absolute atomic E-state index is 0. The van der Waals surface area contributed by atoms with Crippen molar-refractivity contribution in [1.29, 1.82) is 0 Å². The molecule has 138 valence electrons. The van der Waals surface area contributed by atoms with Gasteiger partial charge >= 0.3 is 0 Å². The summed E-state index contributed by atoms with van der Waals surface area (Å²) in [6.45, 7) is 9.81. The average Bonchev–Trinajstić information content (AvgIpc) is 2.52. The Morgan fingerprint density at radius 2 is 1.62 bits per heavy atom. The third-order valence-electron chi connectivity index (χ3n) is 3.44. The van der Waals surface area contributed by atoms with Crippen LogP contribution in [0.15, 0.2) is 34.2 Å². The predicted molar refractivity (Wildman–Crippen MR) is 110 cm³/mol. The van der Waals surface area contributed by atoms with Crippen molar-refractivity contribution in [3.63, 3.8) is 0 Å². The molecule has 2 N–H and O–H groups in total. The fourth-order valence-corrected chi connectivity index (χ4v) is 3.26. The van der Waals surface area contributed by atoms with Crippen molar-refractivity contribution in [3.8, 4) is 0 Å². The van der Waals surface area contributed by atoms with Crippen molar-refractivity contribution in [3.05, 3.63) is 29.8 Å². The second-order valence-corrected chi connectivity index (χ2v) is 7.48. The lowest BCUT2D eigenvalue weighted by molar-refractivity contribution is 0.410.